The molecule has 0 radical (unpaired) electrons. The third-order valence-electron chi connectivity index (χ3n) is 22.4. The van der Waals surface area contributed by atoms with Gasteiger partial charge in [-0.25, -0.2) is 0 Å². The molecule has 0 unspecified atom stereocenters. The van der Waals surface area contributed by atoms with Crippen LogP contribution in [0.25, 0.3) is 0 Å². The van der Waals surface area contributed by atoms with Crippen molar-refractivity contribution in [2.24, 2.45) is 0 Å². The van der Waals surface area contributed by atoms with Crippen LogP contribution in [0.15, 0.2) is 0 Å². The van der Waals surface area contributed by atoms with Crippen molar-refractivity contribution in [2.75, 3.05) is 33.0 Å². The van der Waals surface area contributed by atoms with E-state index in [1.807, 2.05) is 0 Å². The van der Waals surface area contributed by atoms with E-state index in [9.17, 15) is 133 Å². The maximum Gasteiger partial charge on any atom is 0.187 e. The van der Waals surface area contributed by atoms with Gasteiger partial charge in [0, 0.05) is 19.3 Å². The lowest BCUT2D eigenvalue weighted by Gasteiger charge is -2.51. The topological polar surface area (TPSA) is 720 Å². The molecule has 11 heterocycles. The van der Waals surface area contributed by atoms with E-state index in [4.69, 9.17) is 99.5 Å². The second-order valence-corrected chi connectivity index (χ2v) is 30.4. The first kappa shape index (κ1) is 91.9. The van der Waals surface area contributed by atoms with Crippen LogP contribution in [0.3, 0.4) is 0 Å². The molecule has 11 aliphatic heterocycles. The number of rotatable bonds is 25. The summed E-state index contributed by atoms with van der Waals surface area (Å²) < 4.78 is 126. The van der Waals surface area contributed by atoms with E-state index in [0.29, 0.717) is 0 Å². The van der Waals surface area contributed by atoms with Gasteiger partial charge in [0.1, 0.15) is 195 Å². The number of hydrogen-bond donors (Lipinski definition) is 26. The number of aliphatic hydroxyl groups is 26. The number of hydrogen-bond acceptors (Lipinski definition) is 47. The summed E-state index contributed by atoms with van der Waals surface area (Å²) in [5.41, 5.74) is 0. The lowest BCUT2D eigenvalue weighted by molar-refractivity contribution is -0.416. The minimum atomic E-state index is -2.34. The minimum Gasteiger partial charge on any atom is -0.394 e. The van der Waals surface area contributed by atoms with Crippen LogP contribution in [-0.2, 0) is 99.5 Å². The molecular formula is C66H112O47. The largest absolute Gasteiger partial charge is 0.394 e. The highest BCUT2D eigenvalue weighted by Gasteiger charge is 2.62. The fraction of sp³-hybridized carbons (Fsp3) is 1.00. The van der Waals surface area contributed by atoms with Crippen LogP contribution in [0.4, 0.5) is 0 Å². The van der Waals surface area contributed by atoms with Gasteiger partial charge in [-0.3, -0.25) is 0 Å². The smallest absolute Gasteiger partial charge is 0.187 e. The highest BCUT2D eigenvalue weighted by molar-refractivity contribution is 5.03. The average molecular weight is 1660 g/mol. The molecule has 0 aromatic rings. The van der Waals surface area contributed by atoms with E-state index in [2.05, 4.69) is 0 Å². The summed E-state index contributed by atoms with van der Waals surface area (Å²) in [5, 5.41) is 290. The predicted molar refractivity (Wildman–Crippen MR) is 350 cm³/mol. The van der Waals surface area contributed by atoms with Gasteiger partial charge >= 0.3 is 0 Å². The Morgan fingerprint density at radius 1 is 0.186 bits per heavy atom. The maximum absolute atomic E-state index is 12.2. The summed E-state index contributed by atoms with van der Waals surface area (Å²) in [4.78, 5) is 0. The summed E-state index contributed by atoms with van der Waals surface area (Å²) in [6, 6.07) is 0. The van der Waals surface area contributed by atoms with Crippen molar-refractivity contribution in [3.05, 3.63) is 0 Å². The summed E-state index contributed by atoms with van der Waals surface area (Å²) in [6.07, 6.45) is -95.8. The van der Waals surface area contributed by atoms with E-state index in [1.165, 1.54) is 41.5 Å². The molecule has 0 bridgehead atoms. The Balaban J connectivity index is 0.822. The molecule has 0 amide bonds. The van der Waals surface area contributed by atoms with E-state index in [-0.39, 0.29) is 19.3 Å². The Kier molecular flexibility index (Phi) is 31.8. The molecule has 0 spiro atoms. The first-order valence-electron chi connectivity index (χ1n) is 37.5. The van der Waals surface area contributed by atoms with Crippen molar-refractivity contribution in [1.82, 2.24) is 0 Å². The summed E-state index contributed by atoms with van der Waals surface area (Å²) >= 11 is 0. The molecule has 47 nitrogen and oxygen atoms in total. The molecule has 0 aromatic carbocycles. The van der Waals surface area contributed by atoms with Crippen molar-refractivity contribution >= 4 is 0 Å². The van der Waals surface area contributed by atoms with E-state index < -0.39 is 352 Å². The Morgan fingerprint density at radius 2 is 0.416 bits per heavy atom. The zero-order valence-electron chi connectivity index (χ0n) is 61.9. The lowest BCUT2D eigenvalue weighted by atomic mass is 9.95. The van der Waals surface area contributed by atoms with Crippen LogP contribution in [0.5, 0.6) is 0 Å². The Labute approximate surface area is 643 Å². The average Bonchev–Trinajstić information content (AvgIpc) is 0.770. The molecule has 113 heavy (non-hydrogen) atoms. The molecule has 47 heteroatoms. The number of ether oxygens (including phenoxy) is 21. The molecule has 0 saturated carbocycles. The quantitative estimate of drug-likeness (QED) is 0.0404. The highest BCUT2D eigenvalue weighted by Crippen LogP contribution is 2.43. The molecule has 0 aliphatic carbocycles. The number of aliphatic hydroxyl groups excluding tert-OH is 26. The van der Waals surface area contributed by atoms with Crippen molar-refractivity contribution in [3.8, 4) is 0 Å². The Morgan fingerprint density at radius 3 is 0.743 bits per heavy atom. The Bertz CT molecular complexity index is 2890. The normalized spacial score (nSPS) is 55.1. The van der Waals surface area contributed by atoms with Gasteiger partial charge < -0.3 is 232 Å². The van der Waals surface area contributed by atoms with Crippen molar-refractivity contribution < 1.29 is 232 Å². The van der Waals surface area contributed by atoms with Gasteiger partial charge in [-0.15, -0.1) is 0 Å². The first-order chi connectivity index (χ1) is 53.4. The third-order valence-corrected chi connectivity index (χ3v) is 22.4. The molecule has 658 valence electrons. The van der Waals surface area contributed by atoms with Gasteiger partial charge in [0.15, 0.2) is 69.2 Å². The fourth-order valence-corrected chi connectivity index (χ4v) is 15.4. The van der Waals surface area contributed by atoms with Gasteiger partial charge in [-0.05, 0) is 41.5 Å². The van der Waals surface area contributed by atoms with Crippen LogP contribution in [0.1, 0.15) is 60.8 Å². The van der Waals surface area contributed by atoms with Gasteiger partial charge in [0.25, 0.3) is 0 Å². The van der Waals surface area contributed by atoms with Gasteiger partial charge in [0.05, 0.1) is 88.0 Å². The molecule has 11 aliphatic rings. The van der Waals surface area contributed by atoms with E-state index >= 15 is 0 Å². The van der Waals surface area contributed by atoms with E-state index in [0.717, 1.165) is 0 Å². The lowest BCUT2D eigenvalue weighted by Crippen LogP contribution is -2.69. The predicted octanol–water partition coefficient (Wildman–Crippen LogP) is -15.7. The van der Waals surface area contributed by atoms with Gasteiger partial charge in [0.2, 0.25) is 0 Å². The van der Waals surface area contributed by atoms with Gasteiger partial charge in [-0.1, -0.05) is 0 Å². The van der Waals surface area contributed by atoms with Crippen molar-refractivity contribution in [2.45, 2.75) is 380 Å². The molecule has 0 aromatic heterocycles. The Hall–Kier alpha value is -1.88. The maximum atomic E-state index is 12.2. The standard InChI is InChI=1S/C66H112O47/c1-15-21(72)7-24(75)57(94-15)108-50-33(79)28(11-68)100-64(53(50)111-61-44(90)39(85)48(20(6)98-61)106-66-54(112-62-42(88)36(82)32(78)27(10-67)99-62)51(34(80)30(13-70)102-66)109-58-25(76)8-22(73)16(2)95-58)105-47-19(5)97-60(43(89)38(47)84)107-49-31(14-71)103-63(45(91)40(49)86)113-55-52(110-59-26(77)9-23(74)17(3)96-59)35(81)29(12-69)101-65(55)104-46-18(4)93-56(92)41(87)37(46)83/h15-92H,7-14H2,1-6H3/t15-,16-,17-,18+,19+,20+,21-,22-,23-,24-,25-,26-,27-,28-,29-,30-,31-,32+,33-,34-,35-,36+,37+,38+,39+,40-,41-,42-,43-,44-,45-,46+,47+,48+,49+,50+,51+,52+,53+,54+,55+,56-,57-,58-,59-,60+,61+,62-,63-,64-,65-,66-/m1/s1. The molecular weight excluding hydrogens is 1540 g/mol. The summed E-state index contributed by atoms with van der Waals surface area (Å²) in [6.45, 7) is 3.04. The monoisotopic (exact) mass is 1660 g/mol. The van der Waals surface area contributed by atoms with Crippen LogP contribution in [0, 0.1) is 0 Å². The summed E-state index contributed by atoms with van der Waals surface area (Å²) in [5.74, 6) is 0. The second kappa shape index (κ2) is 39.1. The van der Waals surface area contributed by atoms with Crippen LogP contribution < -0.4 is 0 Å². The van der Waals surface area contributed by atoms with Crippen LogP contribution in [0.2, 0.25) is 0 Å². The van der Waals surface area contributed by atoms with Gasteiger partial charge in [-0.2, -0.15) is 0 Å². The summed E-state index contributed by atoms with van der Waals surface area (Å²) in [7, 11) is 0. The molecule has 11 rings (SSSR count). The van der Waals surface area contributed by atoms with Crippen molar-refractivity contribution in [1.29, 1.82) is 0 Å². The zero-order valence-corrected chi connectivity index (χ0v) is 61.9. The van der Waals surface area contributed by atoms with Crippen LogP contribution in [-0.4, -0.2) is 485 Å². The molecule has 52 atom stereocenters. The minimum absolute atomic E-state index is 0.310. The highest BCUT2D eigenvalue weighted by atomic mass is 16.8. The first-order valence-corrected chi connectivity index (χ1v) is 37.5. The fourth-order valence-electron chi connectivity index (χ4n) is 15.4. The van der Waals surface area contributed by atoms with Crippen molar-refractivity contribution in [3.63, 3.8) is 0 Å². The molecule has 11 saturated heterocycles. The van der Waals surface area contributed by atoms with E-state index in [1.54, 1.807) is 0 Å². The van der Waals surface area contributed by atoms with Crippen LogP contribution >= 0.6 is 0 Å². The third kappa shape index (κ3) is 19.6. The SMILES string of the molecule is C[C@@H]1O[C@@H](O)[C@H](O)[C@H](O)[C@H]1O[C@H]1O[C@H](CO)[C@@H](O)[C@H](O[C@H]2O[C@H](C)[C@H](O)C[C@H]2O)[C@@H]1O[C@H]1O[C@H](CO)[C@H](O[C@@H]2O[C@@H](C)[C@H](O[C@H]3O[C@H](CO)[C@@H](O)[C@H](O[C@H]4O[C@H](C)[C@H](O)C[C@H]4O)[C@@H]3O[C@@H]3O[C@@H](C)[C@H](O[C@H]4O[C@H](CO)[C@@H](O)[C@H](O[C@H]5O[C@H](C)[C@H](O)C[C@H]5O)[C@@H]4O[C@H]4O[C@H](CO)[C@H](O)[C@H](O)[C@H]4O)[C@@H](O)[C@H]3O)[C@@H](O)[C@H]2O)[C@H](O)[C@H]1O. The zero-order chi connectivity index (χ0) is 82.5. The second-order valence-electron chi connectivity index (χ2n) is 30.4. The molecule has 11 fully saturated rings. The molecule has 26 N–H and O–H groups in total.